The number of hydrogen-bond donors (Lipinski definition) is 0. The second-order valence-electron chi connectivity index (χ2n) is 4.47. The van der Waals surface area contributed by atoms with Gasteiger partial charge in [-0.1, -0.05) is 0 Å². The maximum atomic E-state index is 13.6. The molecule has 0 amide bonds. The standard InChI is InChI=1S/C16H10F2O3/c1-20-14-4-2-9(7-12(14)18)16(19)15-8-10-6-11(17)3-5-13(10)21-15/h2-8H,1H3. The van der Waals surface area contributed by atoms with Crippen LogP contribution in [0.15, 0.2) is 46.9 Å². The molecule has 0 saturated heterocycles. The van der Waals surface area contributed by atoms with Gasteiger partial charge in [-0.15, -0.1) is 0 Å². The van der Waals surface area contributed by atoms with Crippen LogP contribution in [-0.4, -0.2) is 12.9 Å². The number of carbonyl (C=O) groups excluding carboxylic acids is 1. The Labute approximate surface area is 118 Å². The van der Waals surface area contributed by atoms with Crippen molar-refractivity contribution in [2.75, 3.05) is 7.11 Å². The number of ether oxygens (including phenoxy) is 1. The first-order valence-electron chi connectivity index (χ1n) is 6.16. The van der Waals surface area contributed by atoms with Gasteiger partial charge in [0.2, 0.25) is 5.78 Å². The normalized spacial score (nSPS) is 10.8. The highest BCUT2D eigenvalue weighted by molar-refractivity contribution is 6.09. The molecule has 1 heterocycles. The van der Waals surface area contributed by atoms with Crippen molar-refractivity contribution in [3.8, 4) is 5.75 Å². The van der Waals surface area contributed by atoms with Gasteiger partial charge in [0.25, 0.3) is 0 Å². The van der Waals surface area contributed by atoms with Gasteiger partial charge >= 0.3 is 0 Å². The fourth-order valence-corrected chi connectivity index (χ4v) is 2.08. The molecule has 5 heteroatoms. The van der Waals surface area contributed by atoms with Crippen LogP contribution in [0.1, 0.15) is 16.1 Å². The Morgan fingerprint density at radius 2 is 1.90 bits per heavy atom. The maximum absolute atomic E-state index is 13.6. The van der Waals surface area contributed by atoms with E-state index in [1.165, 1.54) is 43.5 Å². The van der Waals surface area contributed by atoms with E-state index in [9.17, 15) is 13.6 Å². The molecule has 3 aromatic rings. The maximum Gasteiger partial charge on any atom is 0.228 e. The minimum Gasteiger partial charge on any atom is -0.494 e. The molecule has 0 unspecified atom stereocenters. The topological polar surface area (TPSA) is 39.4 Å². The Morgan fingerprint density at radius 3 is 2.62 bits per heavy atom. The highest BCUT2D eigenvalue weighted by Crippen LogP contribution is 2.24. The van der Waals surface area contributed by atoms with Gasteiger partial charge in [0.15, 0.2) is 17.3 Å². The SMILES string of the molecule is COc1ccc(C(=O)c2cc3cc(F)ccc3o2)cc1F. The summed E-state index contributed by atoms with van der Waals surface area (Å²) in [5, 5.41) is 0.479. The second-order valence-corrected chi connectivity index (χ2v) is 4.47. The quantitative estimate of drug-likeness (QED) is 0.685. The van der Waals surface area contributed by atoms with Crippen LogP contribution in [0.2, 0.25) is 0 Å². The molecule has 0 N–H and O–H groups in total. The van der Waals surface area contributed by atoms with Gasteiger partial charge in [-0.05, 0) is 42.5 Å². The average molecular weight is 288 g/mol. The lowest BCUT2D eigenvalue weighted by Gasteiger charge is -2.03. The smallest absolute Gasteiger partial charge is 0.228 e. The van der Waals surface area contributed by atoms with Crippen LogP contribution in [0, 0.1) is 11.6 Å². The zero-order chi connectivity index (χ0) is 15.0. The van der Waals surface area contributed by atoms with Crippen molar-refractivity contribution in [3.63, 3.8) is 0 Å². The molecule has 0 aliphatic heterocycles. The van der Waals surface area contributed by atoms with E-state index < -0.39 is 17.4 Å². The fourth-order valence-electron chi connectivity index (χ4n) is 2.08. The van der Waals surface area contributed by atoms with Crippen molar-refractivity contribution in [1.82, 2.24) is 0 Å². The van der Waals surface area contributed by atoms with E-state index in [4.69, 9.17) is 9.15 Å². The van der Waals surface area contributed by atoms with E-state index in [-0.39, 0.29) is 17.1 Å². The van der Waals surface area contributed by atoms with E-state index in [2.05, 4.69) is 0 Å². The predicted molar refractivity (Wildman–Crippen MR) is 72.6 cm³/mol. The highest BCUT2D eigenvalue weighted by atomic mass is 19.1. The summed E-state index contributed by atoms with van der Waals surface area (Å²) in [6.45, 7) is 0. The summed E-state index contributed by atoms with van der Waals surface area (Å²) in [6.07, 6.45) is 0. The summed E-state index contributed by atoms with van der Waals surface area (Å²) in [7, 11) is 1.34. The number of benzene rings is 2. The van der Waals surface area contributed by atoms with Crippen molar-refractivity contribution in [2.24, 2.45) is 0 Å². The minimum atomic E-state index is -0.634. The van der Waals surface area contributed by atoms with Gasteiger partial charge in [-0.3, -0.25) is 4.79 Å². The molecule has 0 aliphatic rings. The molecule has 3 nitrogen and oxygen atoms in total. The Balaban J connectivity index is 2.01. The molecular formula is C16H10F2O3. The van der Waals surface area contributed by atoms with Crippen molar-refractivity contribution < 1.29 is 22.7 Å². The van der Waals surface area contributed by atoms with Crippen molar-refractivity contribution >= 4 is 16.8 Å². The van der Waals surface area contributed by atoms with Gasteiger partial charge in [0.1, 0.15) is 11.4 Å². The van der Waals surface area contributed by atoms with Crippen LogP contribution in [-0.2, 0) is 0 Å². The van der Waals surface area contributed by atoms with E-state index in [0.29, 0.717) is 11.0 Å². The largest absolute Gasteiger partial charge is 0.494 e. The molecule has 106 valence electrons. The number of halogens is 2. The predicted octanol–water partition coefficient (Wildman–Crippen LogP) is 3.95. The lowest BCUT2D eigenvalue weighted by molar-refractivity contribution is 0.101. The molecule has 21 heavy (non-hydrogen) atoms. The lowest BCUT2D eigenvalue weighted by atomic mass is 10.1. The van der Waals surface area contributed by atoms with Gasteiger partial charge < -0.3 is 9.15 Å². The van der Waals surface area contributed by atoms with Crippen LogP contribution in [0.4, 0.5) is 8.78 Å². The molecule has 0 spiro atoms. The third-order valence-electron chi connectivity index (χ3n) is 3.12. The summed E-state index contributed by atoms with van der Waals surface area (Å²) in [4.78, 5) is 12.3. The van der Waals surface area contributed by atoms with Crippen LogP contribution < -0.4 is 4.74 Å². The third-order valence-corrected chi connectivity index (χ3v) is 3.12. The average Bonchev–Trinajstić information content (AvgIpc) is 2.89. The minimum absolute atomic E-state index is 0.0279. The van der Waals surface area contributed by atoms with Crippen molar-refractivity contribution in [1.29, 1.82) is 0 Å². The molecular weight excluding hydrogens is 278 g/mol. The van der Waals surface area contributed by atoms with Crippen molar-refractivity contribution in [2.45, 2.75) is 0 Å². The number of methoxy groups -OCH3 is 1. The van der Waals surface area contributed by atoms with E-state index in [1.54, 1.807) is 0 Å². The highest BCUT2D eigenvalue weighted by Gasteiger charge is 2.16. The summed E-state index contributed by atoms with van der Waals surface area (Å²) >= 11 is 0. The van der Waals surface area contributed by atoms with E-state index in [1.807, 2.05) is 0 Å². The zero-order valence-corrected chi connectivity index (χ0v) is 11.0. The summed E-state index contributed by atoms with van der Waals surface area (Å²) in [6, 6.07) is 9.27. The van der Waals surface area contributed by atoms with Crippen LogP contribution in [0.25, 0.3) is 11.0 Å². The summed E-state index contributed by atoms with van der Waals surface area (Å²) < 4.78 is 36.9. The van der Waals surface area contributed by atoms with Crippen molar-refractivity contribution in [3.05, 3.63) is 65.4 Å². The molecule has 1 aromatic heterocycles. The first-order chi connectivity index (χ1) is 10.1. The Hall–Kier alpha value is -2.69. The molecule has 2 aromatic carbocycles. The van der Waals surface area contributed by atoms with Gasteiger partial charge in [-0.2, -0.15) is 0 Å². The molecule has 0 radical (unpaired) electrons. The lowest BCUT2D eigenvalue weighted by Crippen LogP contribution is -2.01. The van der Waals surface area contributed by atoms with Gasteiger partial charge in [0.05, 0.1) is 7.11 Å². The van der Waals surface area contributed by atoms with Gasteiger partial charge in [0, 0.05) is 10.9 Å². The Kier molecular flexibility index (Phi) is 3.17. The number of carbonyl (C=O) groups is 1. The second kappa shape index (κ2) is 5.01. The zero-order valence-electron chi connectivity index (χ0n) is 11.0. The summed E-state index contributed by atoms with van der Waals surface area (Å²) in [5.41, 5.74) is 0.529. The van der Waals surface area contributed by atoms with Crippen LogP contribution >= 0.6 is 0 Å². The number of ketones is 1. The Bertz CT molecular complexity index is 837. The summed E-state index contributed by atoms with van der Waals surface area (Å²) in [5.74, 6) is -1.45. The monoisotopic (exact) mass is 288 g/mol. The van der Waals surface area contributed by atoms with E-state index >= 15 is 0 Å². The molecule has 0 aliphatic carbocycles. The third kappa shape index (κ3) is 2.38. The molecule has 0 bridgehead atoms. The van der Waals surface area contributed by atoms with Crippen LogP contribution in [0.3, 0.4) is 0 Å². The first kappa shape index (κ1) is 13.3. The molecule has 0 fully saturated rings. The number of furan rings is 1. The molecule has 0 saturated carbocycles. The Morgan fingerprint density at radius 1 is 1.10 bits per heavy atom. The van der Waals surface area contributed by atoms with Gasteiger partial charge in [-0.25, -0.2) is 8.78 Å². The number of hydrogen-bond acceptors (Lipinski definition) is 3. The van der Waals surface area contributed by atoms with E-state index in [0.717, 1.165) is 6.07 Å². The van der Waals surface area contributed by atoms with Crippen LogP contribution in [0.5, 0.6) is 5.75 Å². The molecule has 0 atom stereocenters. The fraction of sp³-hybridized carbons (Fsp3) is 0.0625. The first-order valence-corrected chi connectivity index (χ1v) is 6.16. The number of rotatable bonds is 3. The molecule has 3 rings (SSSR count). The number of fused-ring (bicyclic) bond motifs is 1.